The highest BCUT2D eigenvalue weighted by Gasteiger charge is 2.18. The number of carbonyl (C=O) groups is 2. The number of carboxylic acid groups (broad SMARTS) is 1. The molecule has 1 heterocycles. The molecule has 0 fully saturated rings. The molecule has 0 saturated carbocycles. The number of carbonyl (C=O) groups excluding carboxylic acids is 1. The number of Topliss-reactive ketones (excluding diaryl/α,β-unsaturated/α-hetero) is 1. The highest BCUT2D eigenvalue weighted by Crippen LogP contribution is 2.23. The zero-order valence-electron chi connectivity index (χ0n) is 15.6. The number of pyridine rings is 1. The first-order valence-electron chi connectivity index (χ1n) is 8.77. The van der Waals surface area contributed by atoms with Crippen LogP contribution in [0.1, 0.15) is 43.1 Å². The Kier molecular flexibility index (Phi) is 5.17. The van der Waals surface area contributed by atoms with Gasteiger partial charge in [0, 0.05) is 12.0 Å². The Morgan fingerprint density at radius 2 is 1.56 bits per heavy atom. The smallest absolute Gasteiger partial charge is 0.335 e. The zero-order valence-corrected chi connectivity index (χ0v) is 15.6. The van der Waals surface area contributed by atoms with Crippen molar-refractivity contribution in [2.75, 3.05) is 0 Å². The minimum absolute atomic E-state index is 0.112. The van der Waals surface area contributed by atoms with Crippen LogP contribution in [0.5, 0.6) is 0 Å². The fourth-order valence-electron chi connectivity index (χ4n) is 3.22. The molecule has 0 unspecified atom stereocenters. The summed E-state index contributed by atoms with van der Waals surface area (Å²) in [4.78, 5) is 29.0. The Hall–Kier alpha value is -3.27. The van der Waals surface area contributed by atoms with E-state index in [0.29, 0.717) is 11.3 Å². The molecule has 1 aromatic heterocycles. The van der Waals surface area contributed by atoms with Gasteiger partial charge in [-0.25, -0.2) is 9.78 Å². The summed E-state index contributed by atoms with van der Waals surface area (Å²) in [7, 11) is 0. The molecule has 0 amide bonds. The van der Waals surface area contributed by atoms with Crippen molar-refractivity contribution in [1.82, 2.24) is 4.98 Å². The first-order valence-corrected chi connectivity index (χ1v) is 8.77. The average molecular weight is 359 g/mol. The third kappa shape index (κ3) is 3.80. The number of benzene rings is 2. The van der Waals surface area contributed by atoms with Crippen LogP contribution in [0.3, 0.4) is 0 Å². The Bertz CT molecular complexity index is 1020. The predicted molar refractivity (Wildman–Crippen MR) is 105 cm³/mol. The third-order valence-electron chi connectivity index (χ3n) is 4.83. The molecule has 4 heteroatoms. The van der Waals surface area contributed by atoms with Crippen LogP contribution in [0.4, 0.5) is 0 Å². The van der Waals surface area contributed by atoms with E-state index >= 15 is 0 Å². The first kappa shape index (κ1) is 18.5. The topological polar surface area (TPSA) is 67.3 Å². The maximum Gasteiger partial charge on any atom is 0.335 e. The molecule has 0 aliphatic carbocycles. The fraction of sp³-hybridized carbons (Fsp3) is 0.174. The van der Waals surface area contributed by atoms with Crippen LogP contribution in [-0.2, 0) is 6.42 Å². The lowest BCUT2D eigenvalue weighted by Gasteiger charge is -2.13. The van der Waals surface area contributed by atoms with Gasteiger partial charge in [-0.15, -0.1) is 0 Å². The second-order valence-corrected chi connectivity index (χ2v) is 6.67. The van der Waals surface area contributed by atoms with E-state index in [1.165, 1.54) is 0 Å². The minimum atomic E-state index is -0.985. The van der Waals surface area contributed by atoms with E-state index in [9.17, 15) is 14.7 Å². The van der Waals surface area contributed by atoms with Crippen LogP contribution in [0.2, 0.25) is 0 Å². The molecule has 3 aromatic rings. The number of nitrogens with zero attached hydrogens (tertiary/aromatic N) is 1. The lowest BCUT2D eigenvalue weighted by atomic mass is 9.92. The molecule has 3 rings (SSSR count). The minimum Gasteiger partial charge on any atom is -0.478 e. The summed E-state index contributed by atoms with van der Waals surface area (Å²) >= 11 is 0. The SMILES string of the molecule is Cc1ccc(-c2ccccc2)nc1C(=O)Cc1c(C)ccc(C(=O)O)c1C. The first-order chi connectivity index (χ1) is 12.9. The summed E-state index contributed by atoms with van der Waals surface area (Å²) in [5.41, 5.74) is 5.46. The van der Waals surface area contributed by atoms with E-state index in [4.69, 9.17) is 0 Å². The number of hydrogen-bond acceptors (Lipinski definition) is 3. The van der Waals surface area contributed by atoms with Crippen LogP contribution < -0.4 is 0 Å². The Labute approximate surface area is 158 Å². The number of aromatic carboxylic acids is 1. The largest absolute Gasteiger partial charge is 0.478 e. The van der Waals surface area contributed by atoms with Gasteiger partial charge in [0.05, 0.1) is 11.3 Å². The average Bonchev–Trinajstić information content (AvgIpc) is 2.65. The summed E-state index contributed by atoms with van der Waals surface area (Å²) in [6.45, 7) is 5.50. The number of rotatable bonds is 5. The van der Waals surface area contributed by atoms with E-state index < -0.39 is 5.97 Å². The molecule has 4 nitrogen and oxygen atoms in total. The van der Waals surface area contributed by atoms with Crippen LogP contribution >= 0.6 is 0 Å². The van der Waals surface area contributed by atoms with Gasteiger partial charge in [0.15, 0.2) is 5.78 Å². The molecule has 136 valence electrons. The van der Waals surface area contributed by atoms with Gasteiger partial charge in [-0.1, -0.05) is 42.5 Å². The van der Waals surface area contributed by atoms with Crippen molar-refractivity contribution in [2.24, 2.45) is 0 Å². The lowest BCUT2D eigenvalue weighted by Crippen LogP contribution is -2.12. The molecular weight excluding hydrogens is 338 g/mol. The fourth-order valence-corrected chi connectivity index (χ4v) is 3.22. The lowest BCUT2D eigenvalue weighted by molar-refractivity contribution is 0.0695. The maximum atomic E-state index is 13.0. The van der Waals surface area contributed by atoms with Gasteiger partial charge in [-0.3, -0.25) is 4.79 Å². The van der Waals surface area contributed by atoms with E-state index in [-0.39, 0.29) is 17.8 Å². The van der Waals surface area contributed by atoms with Gasteiger partial charge in [0.25, 0.3) is 0 Å². The second kappa shape index (κ2) is 7.54. The molecule has 0 saturated heterocycles. The van der Waals surface area contributed by atoms with Crippen LogP contribution in [0.15, 0.2) is 54.6 Å². The monoisotopic (exact) mass is 359 g/mol. The van der Waals surface area contributed by atoms with E-state index in [0.717, 1.165) is 27.9 Å². The number of hydrogen-bond donors (Lipinski definition) is 1. The molecule has 27 heavy (non-hydrogen) atoms. The quantitative estimate of drug-likeness (QED) is 0.665. The Morgan fingerprint density at radius 3 is 2.22 bits per heavy atom. The van der Waals surface area contributed by atoms with Gasteiger partial charge in [0.1, 0.15) is 5.69 Å². The number of carboxylic acids is 1. The van der Waals surface area contributed by atoms with Crippen molar-refractivity contribution in [3.05, 3.63) is 88.1 Å². The summed E-state index contributed by atoms with van der Waals surface area (Å²) in [5.74, 6) is -1.10. The van der Waals surface area contributed by atoms with Gasteiger partial charge in [-0.2, -0.15) is 0 Å². The molecule has 0 aliphatic rings. The van der Waals surface area contributed by atoms with Crippen LogP contribution in [-0.4, -0.2) is 21.8 Å². The van der Waals surface area contributed by atoms with E-state index in [1.807, 2.05) is 56.3 Å². The highest BCUT2D eigenvalue weighted by atomic mass is 16.4. The Morgan fingerprint density at radius 1 is 0.889 bits per heavy atom. The molecular formula is C23H21NO3. The summed E-state index contributed by atoms with van der Waals surface area (Å²) in [6.07, 6.45) is 0.130. The maximum absolute atomic E-state index is 13.0. The molecule has 0 aliphatic heterocycles. The number of ketones is 1. The molecule has 0 radical (unpaired) electrons. The molecule has 0 bridgehead atoms. The van der Waals surface area contributed by atoms with Crippen molar-refractivity contribution < 1.29 is 14.7 Å². The zero-order chi connectivity index (χ0) is 19.6. The van der Waals surface area contributed by atoms with Crippen molar-refractivity contribution in [1.29, 1.82) is 0 Å². The van der Waals surface area contributed by atoms with Crippen LogP contribution in [0, 0.1) is 20.8 Å². The van der Waals surface area contributed by atoms with E-state index in [1.54, 1.807) is 19.1 Å². The van der Waals surface area contributed by atoms with E-state index in [2.05, 4.69) is 4.98 Å². The summed E-state index contributed by atoms with van der Waals surface area (Å²) in [5, 5.41) is 9.34. The molecule has 2 aromatic carbocycles. The van der Waals surface area contributed by atoms with Gasteiger partial charge in [0.2, 0.25) is 0 Å². The van der Waals surface area contributed by atoms with Crippen molar-refractivity contribution in [3.8, 4) is 11.3 Å². The summed E-state index contributed by atoms with van der Waals surface area (Å²) in [6, 6.07) is 16.8. The third-order valence-corrected chi connectivity index (χ3v) is 4.83. The van der Waals surface area contributed by atoms with Crippen molar-refractivity contribution >= 4 is 11.8 Å². The van der Waals surface area contributed by atoms with Gasteiger partial charge in [-0.05, 0) is 55.2 Å². The second-order valence-electron chi connectivity index (χ2n) is 6.67. The van der Waals surface area contributed by atoms with Gasteiger partial charge >= 0.3 is 5.97 Å². The molecule has 0 atom stereocenters. The standard InChI is InChI=1S/C23H21NO3/c1-14-9-11-18(23(26)27)16(3)19(14)13-21(25)22-15(2)10-12-20(24-22)17-7-5-4-6-8-17/h4-12H,13H2,1-3H3,(H,26,27). The normalized spacial score (nSPS) is 10.6. The molecule has 1 N–H and O–H groups in total. The summed E-state index contributed by atoms with van der Waals surface area (Å²) < 4.78 is 0. The van der Waals surface area contributed by atoms with Crippen LogP contribution in [0.25, 0.3) is 11.3 Å². The number of aryl methyl sites for hydroxylation is 2. The number of aromatic nitrogens is 1. The Balaban J connectivity index is 1.98. The van der Waals surface area contributed by atoms with Gasteiger partial charge < -0.3 is 5.11 Å². The highest BCUT2D eigenvalue weighted by molar-refractivity contribution is 5.98. The predicted octanol–water partition coefficient (Wildman–Crippen LogP) is 4.80. The van der Waals surface area contributed by atoms with Crippen molar-refractivity contribution in [3.63, 3.8) is 0 Å². The van der Waals surface area contributed by atoms with Crippen molar-refractivity contribution in [2.45, 2.75) is 27.2 Å². The molecule has 0 spiro atoms.